The molecule has 2 unspecified atom stereocenters. The number of carbonyl (C=O) groups is 1. The summed E-state index contributed by atoms with van der Waals surface area (Å²) < 4.78 is 5.73. The van der Waals surface area contributed by atoms with Crippen LogP contribution in [0.2, 0.25) is 0 Å². The average Bonchev–Trinajstić information content (AvgIpc) is 2.60. The Bertz CT molecular complexity index is 645. The maximum atomic E-state index is 10.9. The lowest BCUT2D eigenvalue weighted by Crippen LogP contribution is -2.19. The zero-order valence-corrected chi connectivity index (χ0v) is 14.4. The SMILES string of the molecule is CC(=O)SCCC(O)C(O)c1cccc(OCc2ccccc2)c1. The Balaban J connectivity index is 1.92. The van der Waals surface area contributed by atoms with Crippen LogP contribution in [0.3, 0.4) is 0 Å². The zero-order chi connectivity index (χ0) is 17.4. The summed E-state index contributed by atoms with van der Waals surface area (Å²) in [5.41, 5.74) is 1.66. The van der Waals surface area contributed by atoms with E-state index in [-0.39, 0.29) is 5.12 Å². The lowest BCUT2D eigenvalue weighted by molar-refractivity contribution is -0.109. The third-order valence-corrected chi connectivity index (χ3v) is 4.38. The summed E-state index contributed by atoms with van der Waals surface area (Å²) in [6, 6.07) is 16.9. The van der Waals surface area contributed by atoms with Gasteiger partial charge in [0, 0.05) is 12.7 Å². The van der Waals surface area contributed by atoms with E-state index in [1.807, 2.05) is 36.4 Å². The van der Waals surface area contributed by atoms with Crippen molar-refractivity contribution in [2.45, 2.75) is 32.2 Å². The molecule has 0 saturated carbocycles. The second-order valence-electron chi connectivity index (χ2n) is 5.49. The highest BCUT2D eigenvalue weighted by Gasteiger charge is 2.18. The molecule has 0 aliphatic rings. The van der Waals surface area contributed by atoms with Crippen molar-refractivity contribution < 1.29 is 19.7 Å². The molecule has 2 aromatic rings. The number of rotatable bonds is 8. The van der Waals surface area contributed by atoms with E-state index in [2.05, 4.69) is 0 Å². The summed E-state index contributed by atoms with van der Waals surface area (Å²) in [5.74, 6) is 1.12. The molecule has 0 amide bonds. The summed E-state index contributed by atoms with van der Waals surface area (Å²) in [4.78, 5) is 10.9. The molecule has 24 heavy (non-hydrogen) atoms. The Morgan fingerprint density at radius 2 is 1.88 bits per heavy atom. The van der Waals surface area contributed by atoms with Crippen LogP contribution in [-0.4, -0.2) is 27.2 Å². The lowest BCUT2D eigenvalue weighted by atomic mass is 10.0. The molecule has 128 valence electrons. The average molecular weight is 346 g/mol. The minimum Gasteiger partial charge on any atom is -0.489 e. The van der Waals surface area contributed by atoms with Crippen LogP contribution in [0.25, 0.3) is 0 Å². The molecule has 0 bridgehead atoms. The molecule has 0 aromatic heterocycles. The van der Waals surface area contributed by atoms with Gasteiger partial charge in [-0.2, -0.15) is 0 Å². The van der Waals surface area contributed by atoms with Crippen LogP contribution >= 0.6 is 11.8 Å². The van der Waals surface area contributed by atoms with Gasteiger partial charge in [-0.15, -0.1) is 0 Å². The fraction of sp³-hybridized carbons (Fsp3) is 0.316. The Morgan fingerprint density at radius 1 is 1.12 bits per heavy atom. The molecule has 0 spiro atoms. The summed E-state index contributed by atoms with van der Waals surface area (Å²) in [6.45, 7) is 1.93. The summed E-state index contributed by atoms with van der Waals surface area (Å²) in [5, 5.41) is 20.3. The van der Waals surface area contributed by atoms with Crippen LogP contribution in [0.5, 0.6) is 5.75 Å². The highest BCUT2D eigenvalue weighted by atomic mass is 32.2. The summed E-state index contributed by atoms with van der Waals surface area (Å²) >= 11 is 1.15. The first kappa shape index (κ1) is 18.5. The van der Waals surface area contributed by atoms with Gasteiger partial charge < -0.3 is 14.9 Å². The molecule has 0 aliphatic heterocycles. The maximum absolute atomic E-state index is 10.9. The number of ether oxygens (including phenoxy) is 1. The van der Waals surface area contributed by atoms with Crippen LogP contribution in [0.1, 0.15) is 30.6 Å². The molecule has 4 nitrogen and oxygen atoms in total. The first-order valence-electron chi connectivity index (χ1n) is 7.82. The molecule has 0 saturated heterocycles. The molecule has 0 aliphatic carbocycles. The van der Waals surface area contributed by atoms with Crippen LogP contribution in [0.4, 0.5) is 0 Å². The van der Waals surface area contributed by atoms with E-state index in [9.17, 15) is 15.0 Å². The van der Waals surface area contributed by atoms with Gasteiger partial charge in [0.05, 0.1) is 6.10 Å². The van der Waals surface area contributed by atoms with Crippen LogP contribution in [0.15, 0.2) is 54.6 Å². The molecule has 2 aromatic carbocycles. The van der Waals surface area contributed by atoms with E-state index in [1.165, 1.54) is 6.92 Å². The molecule has 0 fully saturated rings. The number of thioether (sulfide) groups is 1. The number of aliphatic hydroxyl groups is 2. The molecule has 5 heteroatoms. The molecule has 2 rings (SSSR count). The van der Waals surface area contributed by atoms with Crippen molar-refractivity contribution in [3.63, 3.8) is 0 Å². The maximum Gasteiger partial charge on any atom is 0.185 e. The van der Waals surface area contributed by atoms with E-state index < -0.39 is 12.2 Å². The molecule has 0 heterocycles. The van der Waals surface area contributed by atoms with Crippen molar-refractivity contribution in [3.05, 3.63) is 65.7 Å². The number of hydrogen-bond acceptors (Lipinski definition) is 5. The largest absolute Gasteiger partial charge is 0.489 e. The minimum absolute atomic E-state index is 0.00741. The monoisotopic (exact) mass is 346 g/mol. The normalized spacial score (nSPS) is 13.3. The zero-order valence-electron chi connectivity index (χ0n) is 13.6. The molecule has 2 atom stereocenters. The van der Waals surface area contributed by atoms with Crippen molar-refractivity contribution in [3.8, 4) is 5.75 Å². The molecule has 2 N–H and O–H groups in total. The van der Waals surface area contributed by atoms with Crippen LogP contribution < -0.4 is 4.74 Å². The van der Waals surface area contributed by atoms with E-state index in [0.717, 1.165) is 17.3 Å². The first-order chi connectivity index (χ1) is 11.6. The second-order valence-corrected chi connectivity index (χ2v) is 6.76. The smallest absolute Gasteiger partial charge is 0.185 e. The van der Waals surface area contributed by atoms with Crippen molar-refractivity contribution in [1.82, 2.24) is 0 Å². The standard InChI is InChI=1S/C19H22O4S/c1-14(20)24-11-10-18(21)19(22)16-8-5-9-17(12-16)23-13-15-6-3-2-4-7-15/h2-9,12,18-19,21-22H,10-11,13H2,1H3. The van der Waals surface area contributed by atoms with Crippen LogP contribution in [0, 0.1) is 0 Å². The Labute approximate surface area is 146 Å². The molecular weight excluding hydrogens is 324 g/mol. The quantitative estimate of drug-likeness (QED) is 0.767. The van der Waals surface area contributed by atoms with Crippen molar-refractivity contribution in [2.24, 2.45) is 0 Å². The number of aliphatic hydroxyl groups excluding tert-OH is 2. The molecule has 0 radical (unpaired) electrons. The third kappa shape index (κ3) is 6.00. The topological polar surface area (TPSA) is 66.8 Å². The predicted octanol–water partition coefficient (Wildman–Crippen LogP) is 3.33. The molecular formula is C19H22O4S. The van der Waals surface area contributed by atoms with Gasteiger partial charge in [-0.05, 0) is 29.7 Å². The van der Waals surface area contributed by atoms with E-state index in [0.29, 0.717) is 30.1 Å². The van der Waals surface area contributed by atoms with Gasteiger partial charge >= 0.3 is 0 Å². The number of benzene rings is 2. The third-order valence-electron chi connectivity index (χ3n) is 3.53. The number of carbonyl (C=O) groups excluding carboxylic acids is 1. The Hall–Kier alpha value is -1.82. The minimum atomic E-state index is -1.00. The fourth-order valence-electron chi connectivity index (χ4n) is 2.23. The predicted molar refractivity (Wildman–Crippen MR) is 95.9 cm³/mol. The summed E-state index contributed by atoms with van der Waals surface area (Å²) in [7, 11) is 0. The Morgan fingerprint density at radius 3 is 2.58 bits per heavy atom. The van der Waals surface area contributed by atoms with Crippen LogP contribution in [-0.2, 0) is 11.4 Å². The second kappa shape index (κ2) is 9.47. The van der Waals surface area contributed by atoms with Gasteiger partial charge in [-0.25, -0.2) is 0 Å². The number of hydrogen-bond donors (Lipinski definition) is 2. The highest BCUT2D eigenvalue weighted by Crippen LogP contribution is 2.24. The van der Waals surface area contributed by atoms with E-state index in [1.54, 1.807) is 18.2 Å². The van der Waals surface area contributed by atoms with E-state index >= 15 is 0 Å². The van der Waals surface area contributed by atoms with E-state index in [4.69, 9.17) is 4.74 Å². The van der Waals surface area contributed by atoms with Gasteiger partial charge in [0.25, 0.3) is 0 Å². The lowest BCUT2D eigenvalue weighted by Gasteiger charge is -2.18. The van der Waals surface area contributed by atoms with Gasteiger partial charge in [-0.3, -0.25) is 4.79 Å². The van der Waals surface area contributed by atoms with Gasteiger partial charge in [0.1, 0.15) is 18.5 Å². The van der Waals surface area contributed by atoms with Gasteiger partial charge in [-0.1, -0.05) is 54.2 Å². The van der Waals surface area contributed by atoms with Gasteiger partial charge in [0.15, 0.2) is 5.12 Å². The summed E-state index contributed by atoms with van der Waals surface area (Å²) in [6.07, 6.45) is -1.57. The first-order valence-corrected chi connectivity index (χ1v) is 8.81. The van der Waals surface area contributed by atoms with Crippen molar-refractivity contribution in [1.29, 1.82) is 0 Å². The van der Waals surface area contributed by atoms with Crippen molar-refractivity contribution in [2.75, 3.05) is 5.75 Å². The van der Waals surface area contributed by atoms with Crippen molar-refractivity contribution >= 4 is 16.9 Å². The Kier molecular flexibility index (Phi) is 7.31. The highest BCUT2D eigenvalue weighted by molar-refractivity contribution is 8.13. The fourth-order valence-corrected chi connectivity index (χ4v) is 2.88. The van der Waals surface area contributed by atoms with Gasteiger partial charge in [0.2, 0.25) is 0 Å².